The quantitative estimate of drug-likeness (QED) is 0.0464. The van der Waals surface area contributed by atoms with Gasteiger partial charge in [-0.15, -0.1) is 0 Å². The summed E-state index contributed by atoms with van der Waals surface area (Å²) in [5, 5.41) is 8.98. The van der Waals surface area contributed by atoms with E-state index >= 15 is 0 Å². The van der Waals surface area contributed by atoms with E-state index < -0.39 is 57.2 Å². The molecule has 1 aliphatic heterocycles. The molecule has 0 spiro atoms. The molecule has 1 aliphatic carbocycles. The van der Waals surface area contributed by atoms with Crippen LogP contribution in [0.1, 0.15) is 61.1 Å². The first-order chi connectivity index (χ1) is 31.6. The van der Waals surface area contributed by atoms with E-state index in [-0.39, 0.29) is 92.3 Å². The number of ether oxygens (including phenoxy) is 2. The Bertz CT molecular complexity index is 3420. The minimum absolute atomic E-state index is 0.00639. The highest BCUT2D eigenvalue weighted by atomic mass is 32.2. The van der Waals surface area contributed by atoms with Crippen molar-refractivity contribution in [2.45, 2.75) is 83.9 Å². The summed E-state index contributed by atoms with van der Waals surface area (Å²) in [5.41, 5.74) is 2.72. The SMILES string of the molecule is Cc1c(/N=c2\ccc3c(-c4ccccc4S(=O)(=O)O)c4ccc(Nc5c(C)c(NC(=O)OCC(C)C)c(C)c(S(=O)(=O)O)c5C)cc4oc-3c2)c(C)c(S(=O)(=O)O)c(C)c1NC(=O)OCC(C)C. The van der Waals surface area contributed by atoms with Crippen LogP contribution in [0.5, 0.6) is 0 Å². The summed E-state index contributed by atoms with van der Waals surface area (Å²) in [6.45, 7) is 16.6. The molecule has 4 aromatic carbocycles. The van der Waals surface area contributed by atoms with E-state index in [1.54, 1.807) is 50.2 Å². The Morgan fingerprint density at radius 2 is 1.15 bits per heavy atom. The van der Waals surface area contributed by atoms with Gasteiger partial charge in [0.15, 0.2) is 0 Å². The largest absolute Gasteiger partial charge is 0.456 e. The molecule has 362 valence electrons. The molecular formula is C47H52N4O14S3. The molecule has 0 aromatic heterocycles. The van der Waals surface area contributed by atoms with E-state index in [1.165, 1.54) is 52.0 Å². The molecule has 6 N–H and O–H groups in total. The second-order valence-electron chi connectivity index (χ2n) is 17.1. The first-order valence-electron chi connectivity index (χ1n) is 21.1. The van der Waals surface area contributed by atoms with Crippen LogP contribution in [0.15, 0.2) is 84.8 Å². The molecule has 21 heteroatoms. The Hall–Kier alpha value is -6.36. The maximum Gasteiger partial charge on any atom is 0.411 e. The van der Waals surface area contributed by atoms with Gasteiger partial charge in [-0.25, -0.2) is 14.6 Å². The highest BCUT2D eigenvalue weighted by molar-refractivity contribution is 7.86. The fourth-order valence-corrected chi connectivity index (χ4v) is 10.8. The number of hydrogen-bond acceptors (Lipinski definition) is 13. The van der Waals surface area contributed by atoms with Crippen molar-refractivity contribution in [1.29, 1.82) is 0 Å². The van der Waals surface area contributed by atoms with Crippen LogP contribution < -0.4 is 21.3 Å². The van der Waals surface area contributed by atoms with Crippen LogP contribution in [-0.4, -0.2) is 64.3 Å². The maximum absolute atomic E-state index is 12.9. The minimum atomic E-state index is -4.86. The molecule has 0 saturated carbocycles. The Morgan fingerprint density at radius 1 is 0.618 bits per heavy atom. The second kappa shape index (κ2) is 19.3. The summed E-state index contributed by atoms with van der Waals surface area (Å²) in [6, 6.07) is 15.2. The zero-order valence-corrected chi connectivity index (χ0v) is 41.3. The van der Waals surface area contributed by atoms with Crippen LogP contribution in [0.3, 0.4) is 0 Å². The van der Waals surface area contributed by atoms with Crippen molar-refractivity contribution in [3.05, 3.63) is 99.4 Å². The Kier molecular flexibility index (Phi) is 14.5. The summed E-state index contributed by atoms with van der Waals surface area (Å²) in [5.74, 6) is 0.149. The van der Waals surface area contributed by atoms with Gasteiger partial charge in [-0.2, -0.15) is 25.3 Å². The fourth-order valence-electron chi connectivity index (χ4n) is 8.13. The zero-order valence-electron chi connectivity index (χ0n) is 38.8. The van der Waals surface area contributed by atoms with Crippen molar-refractivity contribution >= 4 is 81.9 Å². The molecule has 6 rings (SSSR count). The van der Waals surface area contributed by atoms with Gasteiger partial charge < -0.3 is 19.2 Å². The van der Waals surface area contributed by atoms with Gasteiger partial charge in [-0.3, -0.25) is 24.3 Å². The number of nitrogens with one attached hydrogen (secondary N) is 3. The molecule has 0 radical (unpaired) electrons. The lowest BCUT2D eigenvalue weighted by Gasteiger charge is -2.23. The van der Waals surface area contributed by atoms with Crippen molar-refractivity contribution in [1.82, 2.24) is 0 Å². The highest BCUT2D eigenvalue weighted by Gasteiger charge is 2.29. The van der Waals surface area contributed by atoms with Crippen LogP contribution in [0.2, 0.25) is 0 Å². The molecule has 2 aliphatic rings. The first kappa shape index (κ1) is 51.0. The molecule has 2 amide bonds. The van der Waals surface area contributed by atoms with Gasteiger partial charge in [0.25, 0.3) is 30.4 Å². The van der Waals surface area contributed by atoms with Gasteiger partial charge in [0.05, 0.1) is 35.6 Å². The average molecular weight is 993 g/mol. The number of anilines is 4. The van der Waals surface area contributed by atoms with E-state index in [0.717, 1.165) is 0 Å². The van der Waals surface area contributed by atoms with E-state index in [0.29, 0.717) is 33.3 Å². The topological polar surface area (TPSA) is 277 Å². The van der Waals surface area contributed by atoms with Crippen LogP contribution in [0.25, 0.3) is 33.4 Å². The third-order valence-corrected chi connectivity index (χ3v) is 14.2. The summed E-state index contributed by atoms with van der Waals surface area (Å²) in [7, 11) is -14.5. The van der Waals surface area contributed by atoms with Gasteiger partial charge in [-0.05, 0) is 117 Å². The van der Waals surface area contributed by atoms with E-state index in [1.807, 2.05) is 27.7 Å². The number of hydrogen-bond donors (Lipinski definition) is 6. The third kappa shape index (κ3) is 10.7. The normalized spacial score (nSPS) is 12.5. The Balaban J connectivity index is 1.61. The number of carbonyl (C=O) groups is 2. The number of benzene rings is 5. The van der Waals surface area contributed by atoms with Gasteiger partial charge in [0, 0.05) is 45.6 Å². The average Bonchev–Trinajstić information content (AvgIpc) is 3.23. The summed E-state index contributed by atoms with van der Waals surface area (Å²) in [6.07, 6.45) is -1.69. The van der Waals surface area contributed by atoms with Crippen LogP contribution in [-0.2, 0) is 39.8 Å². The molecule has 4 aromatic rings. The van der Waals surface area contributed by atoms with Gasteiger partial charge >= 0.3 is 12.2 Å². The highest BCUT2D eigenvalue weighted by Crippen LogP contribution is 2.45. The zero-order chi connectivity index (χ0) is 50.4. The predicted molar refractivity (Wildman–Crippen MR) is 257 cm³/mol. The maximum atomic E-state index is 12.9. The lowest BCUT2D eigenvalue weighted by molar-refractivity contribution is 0.147. The van der Waals surface area contributed by atoms with Crippen LogP contribution >= 0.6 is 0 Å². The first-order valence-corrected chi connectivity index (χ1v) is 25.4. The van der Waals surface area contributed by atoms with Crippen LogP contribution in [0.4, 0.5) is 38.0 Å². The summed E-state index contributed by atoms with van der Waals surface area (Å²) >= 11 is 0. The van der Waals surface area contributed by atoms with Crippen molar-refractivity contribution in [2.75, 3.05) is 29.2 Å². The molecule has 0 fully saturated rings. The molecular weight excluding hydrogens is 941 g/mol. The fraction of sp³-hybridized carbons (Fsp3) is 0.298. The standard InChI is InChI=1S/C47H52N4O14S3/c1-23(2)21-63-46(52)50-42-25(5)40(27(7)44(29(42)9)67(57,58)59)48-31-15-17-33-36(19-31)65-37-20-32(16-18-34(37)39(33)35-13-11-12-14-38(35)66(54,55)56)49-41-26(6)43(51-47(53)64-22-24(3)4)30(10)45(28(41)8)68(60,61)62/h11-20,23-24,48H,21-22H2,1-10H3,(H,50,52)(H,51,53)(H,54,55,56)(H,57,58,59)(H,60,61,62)/b49-32+. The molecule has 0 atom stereocenters. The number of amides is 2. The smallest absolute Gasteiger partial charge is 0.411 e. The Morgan fingerprint density at radius 3 is 1.69 bits per heavy atom. The minimum Gasteiger partial charge on any atom is -0.456 e. The molecule has 1 heterocycles. The lowest BCUT2D eigenvalue weighted by atomic mass is 9.93. The molecule has 68 heavy (non-hydrogen) atoms. The summed E-state index contributed by atoms with van der Waals surface area (Å²) in [4.78, 5) is 29.2. The van der Waals surface area contributed by atoms with Gasteiger partial charge in [0.2, 0.25) is 0 Å². The number of nitrogens with zero attached hydrogens (tertiary/aromatic N) is 1. The number of fused-ring (bicyclic) bond motifs is 2. The van der Waals surface area contributed by atoms with E-state index in [2.05, 4.69) is 16.0 Å². The van der Waals surface area contributed by atoms with Crippen molar-refractivity contribution in [2.24, 2.45) is 16.8 Å². The van der Waals surface area contributed by atoms with Gasteiger partial charge in [-0.1, -0.05) is 45.9 Å². The molecule has 0 saturated heterocycles. The van der Waals surface area contributed by atoms with Crippen molar-refractivity contribution < 1.29 is 62.4 Å². The molecule has 18 nitrogen and oxygen atoms in total. The van der Waals surface area contributed by atoms with E-state index in [4.69, 9.17) is 18.9 Å². The molecule has 0 bridgehead atoms. The predicted octanol–water partition coefficient (Wildman–Crippen LogP) is 10.2. The number of carbonyl (C=O) groups excluding carboxylic acids is 2. The summed E-state index contributed by atoms with van der Waals surface area (Å²) < 4.78 is 125. The molecule has 0 unspecified atom stereocenters. The van der Waals surface area contributed by atoms with Crippen molar-refractivity contribution in [3.63, 3.8) is 0 Å². The monoisotopic (exact) mass is 992 g/mol. The number of rotatable bonds is 13. The van der Waals surface area contributed by atoms with Crippen LogP contribution in [0, 0.1) is 53.4 Å². The van der Waals surface area contributed by atoms with Crippen molar-refractivity contribution in [3.8, 4) is 22.5 Å². The lowest BCUT2D eigenvalue weighted by Crippen LogP contribution is -2.20. The third-order valence-electron chi connectivity index (χ3n) is 11.0. The van der Waals surface area contributed by atoms with E-state index in [9.17, 15) is 48.5 Å². The second-order valence-corrected chi connectivity index (χ2v) is 21.2. The Labute approximate surface area is 394 Å². The van der Waals surface area contributed by atoms with Gasteiger partial charge in [0.1, 0.15) is 26.0 Å².